The first-order valence-corrected chi connectivity index (χ1v) is 1.84. The van der Waals surface area contributed by atoms with E-state index in [1.54, 1.807) is 0 Å². The number of rotatable bonds is 0. The predicted octanol–water partition coefficient (Wildman–Crippen LogP) is -13.0. The average molecular weight is 212 g/mol. The van der Waals surface area contributed by atoms with Crippen molar-refractivity contribution in [1.29, 1.82) is 0 Å². The van der Waals surface area contributed by atoms with Gasteiger partial charge in [-0.2, -0.15) is 0 Å². The first-order chi connectivity index (χ1) is 1.73. The minimum atomic E-state index is -3.63. The molecule has 0 fully saturated rings. The van der Waals surface area contributed by atoms with E-state index in [1.165, 1.54) is 0 Å². The first kappa shape index (κ1) is 83.0. The normalized spacial score (nSPS) is 2.18. The molecule has 11 heavy (non-hydrogen) atoms. The maximum Gasteiger partial charge on any atom is 1.00 e. The van der Waals surface area contributed by atoms with Crippen LogP contribution >= 0.6 is 0 Å². The van der Waals surface area contributed by atoms with Gasteiger partial charge in [0.15, 0.2) is 0 Å². The monoisotopic (exact) mass is 212 g/mol. The van der Waals surface area contributed by atoms with Crippen LogP contribution in [-0.2, 0) is 4.46 Å². The van der Waals surface area contributed by atoms with Crippen molar-refractivity contribution in [2.24, 2.45) is 0 Å². The van der Waals surface area contributed by atoms with E-state index in [1.807, 2.05) is 0 Å². The van der Waals surface area contributed by atoms with Crippen molar-refractivity contribution in [1.82, 2.24) is 0 Å². The third-order valence-electron chi connectivity index (χ3n) is 0. The van der Waals surface area contributed by atoms with E-state index in [4.69, 9.17) is 14.1 Å². The van der Waals surface area contributed by atoms with Crippen molar-refractivity contribution in [3.8, 4) is 0 Å². The molecular weight excluding hydrogens is 202 g/mol. The quantitative estimate of drug-likeness (QED) is 0.357. The van der Waals surface area contributed by atoms with Gasteiger partial charge in [0.1, 0.15) is 0 Å². The fraction of sp³-hybridized carbons (Fsp3) is 0. The van der Waals surface area contributed by atoms with E-state index < -0.39 is 9.17 Å². The Morgan fingerprint density at radius 1 is 0.727 bits per heavy atom. The molecule has 0 saturated heterocycles. The van der Waals surface area contributed by atoms with Crippen molar-refractivity contribution in [3.63, 3.8) is 0 Å². The second-order valence-corrected chi connectivity index (χ2v) is 0.750. The Labute approximate surface area is 109 Å². The van der Waals surface area contributed by atoms with Crippen LogP contribution in [-0.4, -0.2) is 36.6 Å². The van der Waals surface area contributed by atoms with Crippen molar-refractivity contribution in [2.45, 2.75) is 0 Å². The molecule has 0 bridgehead atoms. The standard InChI is InChI=1S/2Na.O3Si.5H2O/c;;1-4(2)3;;;;;/h;;;5*1H2/q2*+1;-2;;;;;. The topological polar surface area (TPSA) is 221 Å². The van der Waals surface area contributed by atoms with Crippen LogP contribution in [0.1, 0.15) is 0 Å². The Kier molecular flexibility index (Phi) is 479. The second kappa shape index (κ2) is 63.5. The summed E-state index contributed by atoms with van der Waals surface area (Å²) >= 11 is 0. The van der Waals surface area contributed by atoms with Gasteiger partial charge in [0, 0.05) is 9.17 Å². The van der Waals surface area contributed by atoms with E-state index >= 15 is 0 Å². The molecule has 0 atom stereocenters. The minimum Gasteiger partial charge on any atom is -0.672 e. The van der Waals surface area contributed by atoms with Crippen LogP contribution in [0, 0.1) is 0 Å². The molecule has 0 saturated carbocycles. The Morgan fingerprint density at radius 2 is 0.727 bits per heavy atom. The molecule has 11 heteroatoms. The van der Waals surface area contributed by atoms with Crippen LogP contribution in [0.15, 0.2) is 0 Å². The summed E-state index contributed by atoms with van der Waals surface area (Å²) in [6.07, 6.45) is 0. The van der Waals surface area contributed by atoms with Gasteiger partial charge in [0.2, 0.25) is 0 Å². The minimum absolute atomic E-state index is 0. The summed E-state index contributed by atoms with van der Waals surface area (Å²) in [7, 11) is -3.63. The molecule has 0 heterocycles. The zero-order valence-electron chi connectivity index (χ0n) is 6.22. The van der Waals surface area contributed by atoms with Gasteiger partial charge in [0.05, 0.1) is 0 Å². The average Bonchev–Trinajstić information content (AvgIpc) is 0.811. The summed E-state index contributed by atoms with van der Waals surface area (Å²) in [5, 5.41) is 0. The molecule has 8 nitrogen and oxygen atoms in total. The van der Waals surface area contributed by atoms with Gasteiger partial charge in [-0.3, -0.25) is 0 Å². The summed E-state index contributed by atoms with van der Waals surface area (Å²) in [5.41, 5.74) is 0. The van der Waals surface area contributed by atoms with E-state index in [-0.39, 0.29) is 86.5 Å². The summed E-state index contributed by atoms with van der Waals surface area (Å²) < 4.78 is 8.52. The van der Waals surface area contributed by atoms with Crippen LogP contribution in [0.5, 0.6) is 0 Å². The molecule has 0 amide bonds. The zero-order valence-corrected chi connectivity index (χ0v) is 11.2. The third-order valence-corrected chi connectivity index (χ3v) is 0. The van der Waals surface area contributed by atoms with Gasteiger partial charge in [-0.05, 0) is 0 Å². The fourth-order valence-electron chi connectivity index (χ4n) is 0. The molecular formula is H10Na2O8Si. The molecule has 0 unspecified atom stereocenters. The smallest absolute Gasteiger partial charge is 0.672 e. The van der Waals surface area contributed by atoms with Crippen LogP contribution in [0.2, 0.25) is 0 Å². The number of hydrogen-bond acceptors (Lipinski definition) is 3. The summed E-state index contributed by atoms with van der Waals surface area (Å²) in [6, 6.07) is 0. The molecule has 10 N–H and O–H groups in total. The SMILES string of the molecule is O.O.O.O.O.O=[Si]([O-])[O-].[Na+].[Na+]. The van der Waals surface area contributed by atoms with Gasteiger partial charge >= 0.3 is 59.1 Å². The molecule has 0 aromatic rings. The van der Waals surface area contributed by atoms with E-state index in [0.717, 1.165) is 0 Å². The van der Waals surface area contributed by atoms with Crippen LogP contribution < -0.4 is 68.7 Å². The summed E-state index contributed by atoms with van der Waals surface area (Å²) in [6.45, 7) is 0. The summed E-state index contributed by atoms with van der Waals surface area (Å²) in [4.78, 5) is 17.0. The van der Waals surface area contributed by atoms with Crippen LogP contribution in [0.25, 0.3) is 0 Å². The maximum atomic E-state index is 8.52. The molecule has 0 aliphatic carbocycles. The van der Waals surface area contributed by atoms with E-state index in [9.17, 15) is 0 Å². The first-order valence-electron chi connectivity index (χ1n) is 0.612. The van der Waals surface area contributed by atoms with E-state index in [2.05, 4.69) is 0 Å². The fourth-order valence-corrected chi connectivity index (χ4v) is 0. The van der Waals surface area contributed by atoms with Crippen molar-refractivity contribution in [3.05, 3.63) is 0 Å². The third kappa shape index (κ3) is 504. The second-order valence-electron chi connectivity index (χ2n) is 0.250. The van der Waals surface area contributed by atoms with E-state index in [0.29, 0.717) is 0 Å². The Morgan fingerprint density at radius 3 is 0.727 bits per heavy atom. The van der Waals surface area contributed by atoms with Crippen LogP contribution in [0.3, 0.4) is 0 Å². The Bertz CT molecular complexity index is 35.1. The molecule has 0 aliphatic heterocycles. The Hall–Kier alpha value is 1.42. The molecule has 0 rings (SSSR count). The maximum absolute atomic E-state index is 8.52. The zero-order chi connectivity index (χ0) is 3.58. The molecule has 0 aromatic carbocycles. The molecule has 0 radical (unpaired) electrons. The van der Waals surface area contributed by atoms with Gasteiger partial charge in [-0.15, -0.1) is 0 Å². The van der Waals surface area contributed by atoms with Crippen molar-refractivity contribution < 1.29 is 101 Å². The molecule has 0 aromatic heterocycles. The van der Waals surface area contributed by atoms with Crippen molar-refractivity contribution in [2.75, 3.05) is 0 Å². The predicted molar refractivity (Wildman–Crippen MR) is 24.5 cm³/mol. The molecule has 0 aliphatic rings. The van der Waals surface area contributed by atoms with Crippen molar-refractivity contribution >= 4 is 9.17 Å². The van der Waals surface area contributed by atoms with Gasteiger partial charge in [-0.1, -0.05) is 0 Å². The largest absolute Gasteiger partial charge is 1.00 e. The number of hydrogen-bond donors (Lipinski definition) is 0. The summed E-state index contributed by atoms with van der Waals surface area (Å²) in [5.74, 6) is 0. The van der Waals surface area contributed by atoms with Gasteiger partial charge in [-0.25, -0.2) is 0 Å². The molecule has 64 valence electrons. The van der Waals surface area contributed by atoms with Gasteiger partial charge < -0.3 is 41.4 Å². The van der Waals surface area contributed by atoms with Gasteiger partial charge in [0.25, 0.3) is 0 Å². The Balaban J connectivity index is -0.00000000214. The van der Waals surface area contributed by atoms with Crippen LogP contribution in [0.4, 0.5) is 0 Å². The molecule has 0 spiro atoms.